The van der Waals surface area contributed by atoms with Crippen LogP contribution in [0.25, 0.3) is 11.0 Å². The molecule has 0 amide bonds. The fourth-order valence-corrected chi connectivity index (χ4v) is 2.98. The van der Waals surface area contributed by atoms with Gasteiger partial charge < -0.3 is 4.74 Å². The molecule has 4 heteroatoms. The molecule has 1 aromatic heterocycles. The first-order chi connectivity index (χ1) is 11.2. The third-order valence-corrected chi connectivity index (χ3v) is 4.11. The number of benzene rings is 2. The Kier molecular flexibility index (Phi) is 4.29. The lowest BCUT2D eigenvalue weighted by molar-refractivity contribution is -0.675. The van der Waals surface area contributed by atoms with Gasteiger partial charge in [-0.15, -0.1) is 0 Å². The molecule has 0 N–H and O–H groups in total. The average Bonchev–Trinajstić information content (AvgIpc) is 2.86. The molecule has 0 unspecified atom stereocenters. The first-order valence-electron chi connectivity index (χ1n) is 7.85. The summed E-state index contributed by atoms with van der Waals surface area (Å²) >= 11 is 0. The van der Waals surface area contributed by atoms with Crippen LogP contribution >= 0.6 is 0 Å². The van der Waals surface area contributed by atoms with Crippen molar-refractivity contribution in [1.29, 1.82) is 5.26 Å². The molecule has 0 radical (unpaired) electrons. The van der Waals surface area contributed by atoms with Crippen molar-refractivity contribution in [2.24, 2.45) is 0 Å². The smallest absolute Gasteiger partial charge is 0.254 e. The summed E-state index contributed by atoms with van der Waals surface area (Å²) in [5.74, 6) is 2.05. The molecule has 0 saturated carbocycles. The molecule has 0 fully saturated rings. The van der Waals surface area contributed by atoms with Crippen LogP contribution < -0.4 is 9.30 Å². The van der Waals surface area contributed by atoms with E-state index in [1.54, 1.807) is 0 Å². The molecule has 4 nitrogen and oxygen atoms in total. The van der Waals surface area contributed by atoms with E-state index in [0.29, 0.717) is 12.2 Å². The van der Waals surface area contributed by atoms with E-state index in [9.17, 15) is 0 Å². The van der Waals surface area contributed by atoms with E-state index in [0.717, 1.165) is 29.9 Å². The second kappa shape index (κ2) is 6.53. The molecule has 0 spiro atoms. The zero-order valence-electron chi connectivity index (χ0n) is 13.5. The van der Waals surface area contributed by atoms with Crippen molar-refractivity contribution in [2.75, 3.05) is 6.61 Å². The van der Waals surface area contributed by atoms with Gasteiger partial charge in [-0.25, -0.2) is 9.13 Å². The second-order valence-corrected chi connectivity index (χ2v) is 5.42. The standard InChI is InChI=1S/C19H20N3O/c1-3-21-15(2)22(11-12-23-17-7-5-4-6-8-17)19-13-16(14-20)9-10-18(19)21/h4-10,13H,3,11-12H2,1-2H3/q+1. The Morgan fingerprint density at radius 2 is 1.96 bits per heavy atom. The van der Waals surface area contributed by atoms with Crippen molar-refractivity contribution in [3.05, 3.63) is 59.9 Å². The lowest BCUT2D eigenvalue weighted by Gasteiger charge is -2.05. The summed E-state index contributed by atoms with van der Waals surface area (Å²) < 4.78 is 10.3. The van der Waals surface area contributed by atoms with Crippen LogP contribution in [0.2, 0.25) is 0 Å². The summed E-state index contributed by atoms with van der Waals surface area (Å²) in [7, 11) is 0. The van der Waals surface area contributed by atoms with E-state index >= 15 is 0 Å². The second-order valence-electron chi connectivity index (χ2n) is 5.42. The van der Waals surface area contributed by atoms with E-state index in [1.165, 1.54) is 5.82 Å². The van der Waals surface area contributed by atoms with Gasteiger partial charge in [-0.2, -0.15) is 5.26 Å². The minimum absolute atomic E-state index is 0.592. The summed E-state index contributed by atoms with van der Waals surface area (Å²) in [4.78, 5) is 0. The van der Waals surface area contributed by atoms with E-state index in [-0.39, 0.29) is 0 Å². The highest BCUT2D eigenvalue weighted by Crippen LogP contribution is 2.17. The zero-order valence-corrected chi connectivity index (χ0v) is 13.5. The maximum Gasteiger partial charge on any atom is 0.254 e. The Labute approximate surface area is 136 Å². The number of nitriles is 1. The van der Waals surface area contributed by atoms with Crippen molar-refractivity contribution in [3.8, 4) is 11.8 Å². The largest absolute Gasteiger partial charge is 0.489 e. The molecule has 1 heterocycles. The number of para-hydroxylation sites is 1. The van der Waals surface area contributed by atoms with Crippen molar-refractivity contribution >= 4 is 11.0 Å². The van der Waals surface area contributed by atoms with E-state index in [2.05, 4.69) is 29.1 Å². The first-order valence-corrected chi connectivity index (χ1v) is 7.85. The van der Waals surface area contributed by atoms with Crippen molar-refractivity contribution in [2.45, 2.75) is 26.9 Å². The highest BCUT2D eigenvalue weighted by Gasteiger charge is 2.20. The highest BCUT2D eigenvalue weighted by molar-refractivity contribution is 5.74. The number of fused-ring (bicyclic) bond motifs is 1. The number of rotatable bonds is 5. The fourth-order valence-electron chi connectivity index (χ4n) is 2.98. The average molecular weight is 306 g/mol. The molecule has 23 heavy (non-hydrogen) atoms. The van der Waals surface area contributed by atoms with Crippen LogP contribution in [-0.4, -0.2) is 11.2 Å². The van der Waals surface area contributed by atoms with Crippen LogP contribution in [0, 0.1) is 18.3 Å². The van der Waals surface area contributed by atoms with Gasteiger partial charge in [0.05, 0.1) is 18.2 Å². The van der Waals surface area contributed by atoms with Crippen molar-refractivity contribution < 1.29 is 9.30 Å². The van der Waals surface area contributed by atoms with E-state index in [4.69, 9.17) is 10.00 Å². The predicted octanol–water partition coefficient (Wildman–Crippen LogP) is 3.21. The molecule has 0 aliphatic heterocycles. The summed E-state index contributed by atoms with van der Waals surface area (Å²) in [6.45, 7) is 6.49. The lowest BCUT2D eigenvalue weighted by atomic mass is 10.2. The number of aryl methyl sites for hydroxylation is 1. The third-order valence-electron chi connectivity index (χ3n) is 4.11. The normalized spacial score (nSPS) is 10.7. The number of imidazole rings is 1. The number of nitrogens with zero attached hydrogens (tertiary/aromatic N) is 3. The molecule has 0 aliphatic carbocycles. The maximum atomic E-state index is 9.16. The molecule has 3 aromatic rings. The monoisotopic (exact) mass is 306 g/mol. The number of aromatic nitrogens is 2. The van der Waals surface area contributed by atoms with Gasteiger partial charge in [0.1, 0.15) is 18.9 Å². The number of ether oxygens (including phenoxy) is 1. The Morgan fingerprint density at radius 1 is 1.17 bits per heavy atom. The van der Waals surface area contributed by atoms with Crippen LogP contribution in [0.1, 0.15) is 18.3 Å². The van der Waals surface area contributed by atoms with Gasteiger partial charge in [-0.1, -0.05) is 18.2 Å². The minimum atomic E-state index is 0.592. The van der Waals surface area contributed by atoms with Gasteiger partial charge in [0.2, 0.25) is 0 Å². The lowest BCUT2D eigenvalue weighted by Crippen LogP contribution is -2.35. The molecular weight excluding hydrogens is 286 g/mol. The molecule has 116 valence electrons. The maximum absolute atomic E-state index is 9.16. The van der Waals surface area contributed by atoms with Crippen LogP contribution in [0.3, 0.4) is 0 Å². The predicted molar refractivity (Wildman–Crippen MR) is 89.2 cm³/mol. The first kappa shape index (κ1) is 15.1. The summed E-state index contributed by atoms with van der Waals surface area (Å²) in [5, 5.41) is 9.16. The fraction of sp³-hybridized carbons (Fsp3) is 0.263. The number of hydrogen-bond donors (Lipinski definition) is 0. The minimum Gasteiger partial charge on any atom is -0.489 e. The van der Waals surface area contributed by atoms with E-state index in [1.807, 2.05) is 48.5 Å². The van der Waals surface area contributed by atoms with E-state index < -0.39 is 0 Å². The molecule has 0 aliphatic rings. The molecular formula is C19H20N3O+. The molecule has 3 rings (SSSR count). The van der Waals surface area contributed by atoms with Gasteiger partial charge >= 0.3 is 0 Å². The molecule has 0 atom stereocenters. The summed E-state index contributed by atoms with van der Waals surface area (Å²) in [5.41, 5.74) is 2.92. The van der Waals surface area contributed by atoms with Gasteiger partial charge in [0.25, 0.3) is 5.82 Å². The topological polar surface area (TPSA) is 41.8 Å². The van der Waals surface area contributed by atoms with Gasteiger partial charge in [0, 0.05) is 13.0 Å². The molecule has 0 saturated heterocycles. The van der Waals surface area contributed by atoms with Crippen molar-refractivity contribution in [3.63, 3.8) is 0 Å². The Balaban J connectivity index is 1.90. The van der Waals surface area contributed by atoms with Crippen molar-refractivity contribution in [1.82, 2.24) is 4.57 Å². The third kappa shape index (κ3) is 2.91. The Morgan fingerprint density at radius 3 is 2.65 bits per heavy atom. The zero-order chi connectivity index (χ0) is 16.2. The molecule has 0 bridgehead atoms. The Bertz CT molecular complexity index is 860. The van der Waals surface area contributed by atoms with Crippen LogP contribution in [0.5, 0.6) is 5.75 Å². The van der Waals surface area contributed by atoms with Crippen LogP contribution in [-0.2, 0) is 13.1 Å². The quantitative estimate of drug-likeness (QED) is 0.679. The Hall–Kier alpha value is -2.80. The van der Waals surface area contributed by atoms with Gasteiger partial charge in [0.15, 0.2) is 11.0 Å². The van der Waals surface area contributed by atoms with Crippen LogP contribution in [0.4, 0.5) is 0 Å². The SMILES string of the molecule is CC[n+]1c(C)n(CCOc2ccccc2)c2cc(C#N)ccc21. The summed E-state index contributed by atoms with van der Waals surface area (Å²) in [6.07, 6.45) is 0. The van der Waals surface area contributed by atoms with Gasteiger partial charge in [-0.3, -0.25) is 0 Å². The van der Waals surface area contributed by atoms with Gasteiger partial charge in [-0.05, 0) is 31.2 Å². The summed E-state index contributed by atoms with van der Waals surface area (Å²) in [6, 6.07) is 17.9. The molecule has 2 aromatic carbocycles. The highest BCUT2D eigenvalue weighted by atomic mass is 16.5. The number of hydrogen-bond acceptors (Lipinski definition) is 2. The van der Waals surface area contributed by atoms with Crippen LogP contribution in [0.15, 0.2) is 48.5 Å².